The molecule has 0 aliphatic carbocycles. The minimum Gasteiger partial charge on any atom is -0.497 e. The lowest BCUT2D eigenvalue weighted by atomic mass is 9.79. The van der Waals surface area contributed by atoms with Crippen molar-refractivity contribution in [3.63, 3.8) is 0 Å². The Hall–Kier alpha value is -1.02. The Morgan fingerprint density at radius 2 is 2.14 bits per heavy atom. The van der Waals surface area contributed by atoms with E-state index in [9.17, 15) is 0 Å². The Kier molecular flexibility index (Phi) is 2.23. The number of hydrogen-bond donors (Lipinski definition) is 1. The largest absolute Gasteiger partial charge is 0.497 e. The van der Waals surface area contributed by atoms with Gasteiger partial charge in [0.05, 0.1) is 7.11 Å². The Morgan fingerprint density at radius 1 is 1.36 bits per heavy atom. The van der Waals surface area contributed by atoms with Crippen molar-refractivity contribution in [3.8, 4) is 5.75 Å². The summed E-state index contributed by atoms with van der Waals surface area (Å²) in [5.74, 6) is 0.957. The van der Waals surface area contributed by atoms with E-state index in [0.29, 0.717) is 0 Å². The van der Waals surface area contributed by atoms with Crippen molar-refractivity contribution in [1.29, 1.82) is 0 Å². The summed E-state index contributed by atoms with van der Waals surface area (Å²) in [7, 11) is 1.72. The first kappa shape index (κ1) is 9.53. The highest BCUT2D eigenvalue weighted by atomic mass is 16.5. The van der Waals surface area contributed by atoms with Crippen molar-refractivity contribution >= 4 is 0 Å². The third-order valence-corrected chi connectivity index (χ3v) is 2.93. The molecular weight excluding hydrogens is 174 g/mol. The van der Waals surface area contributed by atoms with Crippen molar-refractivity contribution in [2.24, 2.45) is 0 Å². The second kappa shape index (κ2) is 3.28. The summed E-state index contributed by atoms with van der Waals surface area (Å²) in [6, 6.07) is 6.35. The minimum atomic E-state index is 0.210. The fourth-order valence-corrected chi connectivity index (χ4v) is 2.07. The molecule has 0 fully saturated rings. The van der Waals surface area contributed by atoms with Gasteiger partial charge in [-0.3, -0.25) is 0 Å². The second-order valence-corrected chi connectivity index (χ2v) is 4.51. The molecule has 0 spiro atoms. The third-order valence-electron chi connectivity index (χ3n) is 2.93. The van der Waals surface area contributed by atoms with Gasteiger partial charge in [0, 0.05) is 18.5 Å². The lowest BCUT2D eigenvalue weighted by Crippen LogP contribution is -2.38. The first-order valence-electron chi connectivity index (χ1n) is 5.01. The minimum absolute atomic E-state index is 0.210. The Morgan fingerprint density at radius 3 is 2.86 bits per heavy atom. The van der Waals surface area contributed by atoms with Gasteiger partial charge in [-0.1, -0.05) is 19.9 Å². The Balaban J connectivity index is 2.49. The van der Waals surface area contributed by atoms with Crippen molar-refractivity contribution in [1.82, 2.24) is 5.32 Å². The van der Waals surface area contributed by atoms with Gasteiger partial charge in [-0.15, -0.1) is 0 Å². The molecule has 0 saturated carbocycles. The fraction of sp³-hybridized carbons (Fsp3) is 0.500. The van der Waals surface area contributed by atoms with Crippen LogP contribution < -0.4 is 10.1 Å². The molecule has 1 N–H and O–H groups in total. The van der Waals surface area contributed by atoms with E-state index in [2.05, 4.69) is 31.3 Å². The van der Waals surface area contributed by atoms with Crippen LogP contribution in [0.3, 0.4) is 0 Å². The van der Waals surface area contributed by atoms with Gasteiger partial charge in [0.15, 0.2) is 0 Å². The number of methoxy groups -OCH3 is 1. The van der Waals surface area contributed by atoms with E-state index < -0.39 is 0 Å². The van der Waals surface area contributed by atoms with Crippen LogP contribution in [0.25, 0.3) is 0 Å². The van der Waals surface area contributed by atoms with Crippen LogP contribution in [0.2, 0.25) is 0 Å². The van der Waals surface area contributed by atoms with Crippen LogP contribution in [0.15, 0.2) is 18.2 Å². The van der Waals surface area contributed by atoms with Crippen LogP contribution in [0, 0.1) is 0 Å². The molecule has 2 heteroatoms. The normalized spacial score (nSPS) is 18.8. The predicted octanol–water partition coefficient (Wildman–Crippen LogP) is 2.08. The van der Waals surface area contributed by atoms with Crippen LogP contribution in [0.1, 0.15) is 25.0 Å². The summed E-state index contributed by atoms with van der Waals surface area (Å²) in [5.41, 5.74) is 3.01. The van der Waals surface area contributed by atoms with Gasteiger partial charge in [0.2, 0.25) is 0 Å². The highest BCUT2D eigenvalue weighted by molar-refractivity contribution is 5.41. The molecule has 76 valence electrons. The van der Waals surface area contributed by atoms with Crippen LogP contribution in [-0.4, -0.2) is 13.7 Å². The number of rotatable bonds is 1. The fourth-order valence-electron chi connectivity index (χ4n) is 2.07. The maximum absolute atomic E-state index is 5.25. The van der Waals surface area contributed by atoms with E-state index in [1.54, 1.807) is 7.11 Å². The summed E-state index contributed by atoms with van der Waals surface area (Å²) >= 11 is 0. The molecule has 1 aromatic carbocycles. The molecule has 14 heavy (non-hydrogen) atoms. The van der Waals surface area contributed by atoms with Crippen LogP contribution in [0.5, 0.6) is 5.75 Å². The van der Waals surface area contributed by atoms with Gasteiger partial charge >= 0.3 is 0 Å². The van der Waals surface area contributed by atoms with E-state index in [4.69, 9.17) is 4.74 Å². The molecule has 0 radical (unpaired) electrons. The summed E-state index contributed by atoms with van der Waals surface area (Å²) < 4.78 is 5.25. The molecular formula is C12H17NO. The quantitative estimate of drug-likeness (QED) is 0.733. The van der Waals surface area contributed by atoms with Gasteiger partial charge < -0.3 is 10.1 Å². The maximum atomic E-state index is 5.25. The van der Waals surface area contributed by atoms with Crippen molar-refractivity contribution < 1.29 is 4.74 Å². The number of hydrogen-bond acceptors (Lipinski definition) is 2. The maximum Gasteiger partial charge on any atom is 0.119 e. The first-order valence-corrected chi connectivity index (χ1v) is 5.01. The highest BCUT2D eigenvalue weighted by Gasteiger charge is 2.27. The second-order valence-electron chi connectivity index (χ2n) is 4.51. The predicted molar refractivity (Wildman–Crippen MR) is 57.7 cm³/mol. The summed E-state index contributed by atoms with van der Waals surface area (Å²) in [6.07, 6.45) is 0. The standard InChI is InChI=1S/C12H17NO/c1-12(2)8-13-7-9-4-5-10(14-3)6-11(9)12/h4-6,13H,7-8H2,1-3H3. The van der Waals surface area contributed by atoms with E-state index in [0.717, 1.165) is 18.8 Å². The van der Waals surface area contributed by atoms with E-state index >= 15 is 0 Å². The van der Waals surface area contributed by atoms with E-state index in [-0.39, 0.29) is 5.41 Å². The molecule has 2 rings (SSSR count). The van der Waals surface area contributed by atoms with Crippen molar-refractivity contribution in [2.45, 2.75) is 25.8 Å². The Labute approximate surface area is 85.3 Å². The molecule has 1 heterocycles. The number of benzene rings is 1. The van der Waals surface area contributed by atoms with Gasteiger partial charge in [0.1, 0.15) is 5.75 Å². The molecule has 1 aromatic rings. The number of nitrogens with one attached hydrogen (secondary N) is 1. The SMILES string of the molecule is COc1ccc2c(c1)C(C)(C)CNC2. The molecule has 0 unspecified atom stereocenters. The molecule has 1 aliphatic heterocycles. The third kappa shape index (κ3) is 1.50. The van der Waals surface area contributed by atoms with Gasteiger partial charge in [-0.25, -0.2) is 0 Å². The van der Waals surface area contributed by atoms with Crippen LogP contribution >= 0.6 is 0 Å². The van der Waals surface area contributed by atoms with Crippen LogP contribution in [-0.2, 0) is 12.0 Å². The molecule has 0 atom stereocenters. The molecule has 2 nitrogen and oxygen atoms in total. The van der Waals surface area contributed by atoms with Crippen LogP contribution in [0.4, 0.5) is 0 Å². The van der Waals surface area contributed by atoms with Gasteiger partial charge in [0.25, 0.3) is 0 Å². The zero-order valence-corrected chi connectivity index (χ0v) is 9.05. The van der Waals surface area contributed by atoms with E-state index in [1.165, 1.54) is 11.1 Å². The van der Waals surface area contributed by atoms with Crippen molar-refractivity contribution in [2.75, 3.05) is 13.7 Å². The molecule has 1 aliphatic rings. The highest BCUT2D eigenvalue weighted by Crippen LogP contribution is 2.32. The number of ether oxygens (including phenoxy) is 1. The van der Waals surface area contributed by atoms with Gasteiger partial charge in [-0.05, 0) is 23.3 Å². The smallest absolute Gasteiger partial charge is 0.119 e. The average Bonchev–Trinajstić information content (AvgIpc) is 2.17. The Bertz CT molecular complexity index is 344. The van der Waals surface area contributed by atoms with Gasteiger partial charge in [-0.2, -0.15) is 0 Å². The summed E-state index contributed by atoms with van der Waals surface area (Å²) in [6.45, 7) is 6.53. The zero-order valence-electron chi connectivity index (χ0n) is 9.05. The topological polar surface area (TPSA) is 21.3 Å². The molecule has 0 saturated heterocycles. The molecule has 0 aromatic heterocycles. The number of fused-ring (bicyclic) bond motifs is 1. The monoisotopic (exact) mass is 191 g/mol. The molecule has 0 bridgehead atoms. The van der Waals surface area contributed by atoms with E-state index in [1.807, 2.05) is 6.07 Å². The lowest BCUT2D eigenvalue weighted by molar-refractivity contribution is 0.403. The molecule has 0 amide bonds. The average molecular weight is 191 g/mol. The van der Waals surface area contributed by atoms with Crippen molar-refractivity contribution in [3.05, 3.63) is 29.3 Å². The summed E-state index contributed by atoms with van der Waals surface area (Å²) in [5, 5.41) is 3.43. The summed E-state index contributed by atoms with van der Waals surface area (Å²) in [4.78, 5) is 0. The first-order chi connectivity index (χ1) is 6.63. The lowest BCUT2D eigenvalue weighted by Gasteiger charge is -2.33. The zero-order chi connectivity index (χ0) is 10.2.